The molecule has 26 heavy (non-hydrogen) atoms. The number of benzene rings is 1. The fourth-order valence-electron chi connectivity index (χ4n) is 3.14. The first kappa shape index (κ1) is 20.6. The average Bonchev–Trinajstić information content (AvgIpc) is 2.64. The van der Waals surface area contributed by atoms with Crippen molar-refractivity contribution in [1.82, 2.24) is 9.62 Å². The second kappa shape index (κ2) is 10.5. The molecule has 1 aromatic carbocycles. The molecule has 1 aliphatic rings. The minimum atomic E-state index is -3.34. The Hall–Kier alpha value is -1.66. The van der Waals surface area contributed by atoms with Gasteiger partial charge in [-0.05, 0) is 44.1 Å². The van der Waals surface area contributed by atoms with Gasteiger partial charge in [0.05, 0.1) is 5.75 Å². The van der Waals surface area contributed by atoms with E-state index >= 15 is 0 Å². The number of amides is 1. The maximum absolute atomic E-state index is 12.1. The molecule has 0 radical (unpaired) electrons. The predicted octanol–water partition coefficient (Wildman–Crippen LogP) is 2.89. The molecule has 0 saturated carbocycles. The van der Waals surface area contributed by atoms with Crippen molar-refractivity contribution in [3.05, 3.63) is 47.5 Å². The Labute approximate surface area is 157 Å². The Morgan fingerprint density at radius 1 is 1.12 bits per heavy atom. The lowest BCUT2D eigenvalue weighted by atomic mass is 9.97. The summed E-state index contributed by atoms with van der Waals surface area (Å²) in [5.74, 6) is 0.0501. The van der Waals surface area contributed by atoms with Crippen LogP contribution in [-0.4, -0.2) is 44.6 Å². The van der Waals surface area contributed by atoms with Crippen LogP contribution in [0, 0.1) is 0 Å². The van der Waals surface area contributed by atoms with Gasteiger partial charge in [-0.25, -0.2) is 13.1 Å². The summed E-state index contributed by atoms with van der Waals surface area (Å²) in [7, 11) is -3.34. The molecule has 0 aromatic heterocycles. The molecule has 1 aromatic rings. The van der Waals surface area contributed by atoms with Crippen molar-refractivity contribution in [2.45, 2.75) is 45.4 Å². The zero-order valence-corrected chi connectivity index (χ0v) is 16.4. The van der Waals surface area contributed by atoms with Crippen LogP contribution < -0.4 is 4.72 Å². The van der Waals surface area contributed by atoms with Crippen LogP contribution in [0.1, 0.15) is 44.6 Å². The number of aryl methyl sites for hydroxylation is 1. The molecule has 6 heteroatoms. The summed E-state index contributed by atoms with van der Waals surface area (Å²) in [6.45, 7) is 2.87. The van der Waals surface area contributed by atoms with E-state index in [0.29, 0.717) is 19.5 Å². The van der Waals surface area contributed by atoms with Crippen molar-refractivity contribution >= 4 is 15.9 Å². The van der Waals surface area contributed by atoms with E-state index in [-0.39, 0.29) is 18.2 Å². The standard InChI is InChI=1S/C20H30N2O3S/c1-18(23)22(15-12-19-8-4-2-5-9-19)16-14-21-26(24,25)17-13-20-10-6-3-7-11-20/h3,6-8,10-11,21H,2,4-5,9,12-17H2,1H3. The first-order chi connectivity index (χ1) is 12.5. The van der Waals surface area contributed by atoms with E-state index in [1.54, 1.807) is 11.8 Å². The quantitative estimate of drug-likeness (QED) is 0.637. The maximum Gasteiger partial charge on any atom is 0.219 e. The van der Waals surface area contributed by atoms with Crippen molar-refractivity contribution in [2.24, 2.45) is 0 Å². The first-order valence-electron chi connectivity index (χ1n) is 9.41. The Kier molecular flexibility index (Phi) is 8.32. The van der Waals surface area contributed by atoms with E-state index in [4.69, 9.17) is 0 Å². The second-order valence-electron chi connectivity index (χ2n) is 6.81. The zero-order valence-electron chi connectivity index (χ0n) is 15.6. The van der Waals surface area contributed by atoms with Crippen LogP contribution in [0.25, 0.3) is 0 Å². The van der Waals surface area contributed by atoms with Crippen molar-refractivity contribution in [1.29, 1.82) is 0 Å². The number of carbonyl (C=O) groups excluding carboxylic acids is 1. The fraction of sp³-hybridized carbons (Fsp3) is 0.550. The molecule has 1 N–H and O–H groups in total. The van der Waals surface area contributed by atoms with Crippen LogP contribution in [0.3, 0.4) is 0 Å². The highest BCUT2D eigenvalue weighted by Gasteiger charge is 2.14. The number of nitrogens with one attached hydrogen (secondary N) is 1. The highest BCUT2D eigenvalue weighted by Crippen LogP contribution is 2.20. The molecule has 5 nitrogen and oxygen atoms in total. The van der Waals surface area contributed by atoms with Crippen molar-refractivity contribution in [2.75, 3.05) is 25.4 Å². The molecule has 0 saturated heterocycles. The molecular formula is C20H30N2O3S. The van der Waals surface area contributed by atoms with Gasteiger partial charge >= 0.3 is 0 Å². The van der Waals surface area contributed by atoms with Gasteiger partial charge in [-0.15, -0.1) is 0 Å². The minimum Gasteiger partial charge on any atom is -0.341 e. The van der Waals surface area contributed by atoms with Crippen molar-refractivity contribution < 1.29 is 13.2 Å². The minimum absolute atomic E-state index is 0.00936. The van der Waals surface area contributed by atoms with Crippen LogP contribution in [0.2, 0.25) is 0 Å². The molecule has 0 aliphatic heterocycles. The van der Waals surface area contributed by atoms with Gasteiger partial charge in [-0.3, -0.25) is 4.79 Å². The maximum atomic E-state index is 12.1. The molecule has 0 spiro atoms. The number of hydrogen-bond acceptors (Lipinski definition) is 3. The summed E-state index contributed by atoms with van der Waals surface area (Å²) < 4.78 is 26.9. The molecule has 1 aliphatic carbocycles. The summed E-state index contributed by atoms with van der Waals surface area (Å²) in [4.78, 5) is 13.5. The van der Waals surface area contributed by atoms with E-state index in [2.05, 4.69) is 10.8 Å². The van der Waals surface area contributed by atoms with E-state index in [0.717, 1.165) is 24.8 Å². The number of nitrogens with zero attached hydrogens (tertiary/aromatic N) is 1. The van der Waals surface area contributed by atoms with Gasteiger partial charge < -0.3 is 4.90 Å². The van der Waals surface area contributed by atoms with Gasteiger partial charge in [0.2, 0.25) is 15.9 Å². The van der Waals surface area contributed by atoms with Gasteiger partial charge in [-0.1, -0.05) is 42.0 Å². The molecule has 0 unspecified atom stereocenters. The van der Waals surface area contributed by atoms with Crippen LogP contribution >= 0.6 is 0 Å². The summed E-state index contributed by atoms with van der Waals surface area (Å²) in [6, 6.07) is 9.57. The number of carbonyl (C=O) groups is 1. The van der Waals surface area contributed by atoms with Crippen molar-refractivity contribution in [3.8, 4) is 0 Å². The third-order valence-electron chi connectivity index (χ3n) is 4.74. The Morgan fingerprint density at radius 3 is 2.54 bits per heavy atom. The molecule has 0 heterocycles. The molecular weight excluding hydrogens is 348 g/mol. The highest BCUT2D eigenvalue weighted by molar-refractivity contribution is 7.89. The summed E-state index contributed by atoms with van der Waals surface area (Å²) in [6.07, 6.45) is 8.40. The third kappa shape index (κ3) is 7.70. The third-order valence-corrected chi connectivity index (χ3v) is 6.12. The van der Waals surface area contributed by atoms with Crippen LogP contribution in [0.5, 0.6) is 0 Å². The summed E-state index contributed by atoms with van der Waals surface area (Å²) in [5, 5.41) is 0. The van der Waals surface area contributed by atoms with Crippen LogP contribution in [-0.2, 0) is 21.2 Å². The molecule has 0 fully saturated rings. The number of allylic oxidation sites excluding steroid dienone is 1. The lowest BCUT2D eigenvalue weighted by Gasteiger charge is -2.23. The normalized spacial score (nSPS) is 14.7. The number of hydrogen-bond donors (Lipinski definition) is 1. The summed E-state index contributed by atoms with van der Waals surface area (Å²) >= 11 is 0. The van der Waals surface area contributed by atoms with Gasteiger partial charge in [0.15, 0.2) is 0 Å². The molecule has 1 amide bonds. The fourth-order valence-corrected chi connectivity index (χ4v) is 4.19. The largest absolute Gasteiger partial charge is 0.341 e. The van der Waals surface area contributed by atoms with E-state index < -0.39 is 10.0 Å². The second-order valence-corrected chi connectivity index (χ2v) is 8.74. The highest BCUT2D eigenvalue weighted by atomic mass is 32.2. The molecule has 2 rings (SSSR count). The van der Waals surface area contributed by atoms with E-state index in [1.807, 2.05) is 30.3 Å². The van der Waals surface area contributed by atoms with Gasteiger partial charge in [0.1, 0.15) is 0 Å². The average molecular weight is 379 g/mol. The predicted molar refractivity (Wildman–Crippen MR) is 105 cm³/mol. The topological polar surface area (TPSA) is 66.5 Å². The number of rotatable bonds is 10. The Bertz CT molecular complexity index is 699. The van der Waals surface area contributed by atoms with Crippen LogP contribution in [0.4, 0.5) is 0 Å². The van der Waals surface area contributed by atoms with Crippen LogP contribution in [0.15, 0.2) is 42.0 Å². The Morgan fingerprint density at radius 2 is 1.88 bits per heavy atom. The lowest BCUT2D eigenvalue weighted by molar-refractivity contribution is -0.128. The van der Waals surface area contributed by atoms with Gasteiger partial charge in [0.25, 0.3) is 0 Å². The first-order valence-corrected chi connectivity index (χ1v) is 11.1. The smallest absolute Gasteiger partial charge is 0.219 e. The Balaban J connectivity index is 1.73. The van der Waals surface area contributed by atoms with Crippen molar-refractivity contribution in [3.63, 3.8) is 0 Å². The van der Waals surface area contributed by atoms with E-state index in [9.17, 15) is 13.2 Å². The van der Waals surface area contributed by atoms with Gasteiger partial charge in [0, 0.05) is 26.6 Å². The summed E-state index contributed by atoms with van der Waals surface area (Å²) in [5.41, 5.74) is 2.43. The lowest BCUT2D eigenvalue weighted by Crippen LogP contribution is -2.39. The molecule has 144 valence electrons. The van der Waals surface area contributed by atoms with E-state index in [1.165, 1.54) is 18.4 Å². The monoisotopic (exact) mass is 378 g/mol. The zero-order chi connectivity index (χ0) is 18.8. The number of sulfonamides is 1. The van der Waals surface area contributed by atoms with Gasteiger partial charge in [-0.2, -0.15) is 0 Å². The SMILES string of the molecule is CC(=O)N(CCNS(=O)(=O)CCc1ccccc1)CCC1=CCCCC1. The molecule has 0 bridgehead atoms. The molecule has 0 atom stereocenters.